The van der Waals surface area contributed by atoms with Gasteiger partial charge in [-0.05, 0) is 25.0 Å². The molecule has 0 aliphatic heterocycles. The van der Waals surface area contributed by atoms with E-state index < -0.39 is 16.1 Å². The first-order chi connectivity index (χ1) is 12.4. The fourth-order valence-corrected chi connectivity index (χ4v) is 3.63. The minimum absolute atomic E-state index is 0.0962. The van der Waals surface area contributed by atoms with Gasteiger partial charge in [0.05, 0.1) is 6.20 Å². The van der Waals surface area contributed by atoms with Crippen LogP contribution in [0.3, 0.4) is 0 Å². The molecule has 0 bridgehead atoms. The first-order valence-electron chi connectivity index (χ1n) is 8.19. The highest BCUT2D eigenvalue weighted by Gasteiger charge is 2.29. The van der Waals surface area contributed by atoms with E-state index >= 15 is 0 Å². The summed E-state index contributed by atoms with van der Waals surface area (Å²) in [5.41, 5.74) is 0.740. The summed E-state index contributed by atoms with van der Waals surface area (Å²) in [6.07, 6.45) is 6.05. The molecule has 0 saturated heterocycles. The molecule has 9 nitrogen and oxygen atoms in total. The molecule has 1 unspecified atom stereocenters. The van der Waals surface area contributed by atoms with E-state index in [1.54, 1.807) is 29.2 Å². The smallest absolute Gasteiger partial charge is 0.245 e. The number of rotatable bonds is 7. The second-order valence-corrected chi connectivity index (χ2v) is 7.78. The predicted octanol–water partition coefficient (Wildman–Crippen LogP) is 2.02. The molecule has 3 rings (SSSR count). The maximum absolute atomic E-state index is 12.7. The molecule has 0 aromatic carbocycles. The van der Waals surface area contributed by atoms with Gasteiger partial charge in [0.2, 0.25) is 21.7 Å². The van der Waals surface area contributed by atoms with Gasteiger partial charge in [-0.1, -0.05) is 19.0 Å². The van der Waals surface area contributed by atoms with Gasteiger partial charge in [-0.15, -0.1) is 0 Å². The Morgan fingerprint density at radius 2 is 2.00 bits per heavy atom. The molecule has 0 amide bonds. The maximum Gasteiger partial charge on any atom is 0.245 e. The molecule has 0 fully saturated rings. The minimum atomic E-state index is -3.77. The van der Waals surface area contributed by atoms with Gasteiger partial charge in [-0.25, -0.2) is 8.42 Å². The van der Waals surface area contributed by atoms with Crippen LogP contribution in [0, 0.1) is 5.92 Å². The molecule has 3 aromatic rings. The fourth-order valence-electron chi connectivity index (χ4n) is 2.34. The van der Waals surface area contributed by atoms with Crippen LogP contribution in [0.2, 0.25) is 0 Å². The van der Waals surface area contributed by atoms with Crippen molar-refractivity contribution in [1.82, 2.24) is 29.6 Å². The van der Waals surface area contributed by atoms with E-state index in [-0.39, 0.29) is 16.7 Å². The molecule has 0 aliphatic carbocycles. The summed E-state index contributed by atoms with van der Waals surface area (Å²) < 4.78 is 34.8. The largest absolute Gasteiger partial charge is 0.337 e. The third-order valence-electron chi connectivity index (χ3n) is 3.84. The van der Waals surface area contributed by atoms with Crippen molar-refractivity contribution in [3.8, 4) is 11.4 Å². The average molecular weight is 376 g/mol. The molecule has 10 heteroatoms. The van der Waals surface area contributed by atoms with Crippen molar-refractivity contribution in [2.75, 3.05) is 0 Å². The van der Waals surface area contributed by atoms with Gasteiger partial charge in [-0.2, -0.15) is 14.8 Å². The molecule has 0 aliphatic rings. The number of hydrogen-bond donors (Lipinski definition) is 1. The van der Waals surface area contributed by atoms with Crippen LogP contribution in [-0.2, 0) is 16.6 Å². The van der Waals surface area contributed by atoms with E-state index in [0.717, 1.165) is 5.56 Å². The lowest BCUT2D eigenvalue weighted by Crippen LogP contribution is -2.32. The maximum atomic E-state index is 12.7. The molecule has 0 saturated carbocycles. The monoisotopic (exact) mass is 376 g/mol. The van der Waals surface area contributed by atoms with Crippen molar-refractivity contribution in [1.29, 1.82) is 0 Å². The molecule has 1 N–H and O–H groups in total. The average Bonchev–Trinajstić information content (AvgIpc) is 3.30. The van der Waals surface area contributed by atoms with Crippen LogP contribution >= 0.6 is 0 Å². The molecule has 3 heterocycles. The highest BCUT2D eigenvalue weighted by atomic mass is 32.2. The Morgan fingerprint density at radius 3 is 2.62 bits per heavy atom. The van der Waals surface area contributed by atoms with Crippen LogP contribution in [0.4, 0.5) is 0 Å². The van der Waals surface area contributed by atoms with Crippen molar-refractivity contribution < 1.29 is 12.9 Å². The second-order valence-electron chi connectivity index (χ2n) is 6.07. The topological polar surface area (TPSA) is 116 Å². The number of hydrogen-bond acceptors (Lipinski definition) is 7. The molecular weight excluding hydrogens is 356 g/mol. The second kappa shape index (κ2) is 7.34. The zero-order valence-electron chi connectivity index (χ0n) is 14.7. The summed E-state index contributed by atoms with van der Waals surface area (Å²) in [4.78, 5) is 8.39. The van der Waals surface area contributed by atoms with Gasteiger partial charge in [0.15, 0.2) is 0 Å². The van der Waals surface area contributed by atoms with E-state index in [1.165, 1.54) is 12.4 Å². The zero-order valence-corrected chi connectivity index (χ0v) is 15.5. The van der Waals surface area contributed by atoms with Crippen LogP contribution < -0.4 is 4.72 Å². The van der Waals surface area contributed by atoms with Crippen molar-refractivity contribution >= 4 is 10.0 Å². The van der Waals surface area contributed by atoms with Gasteiger partial charge in [-0.3, -0.25) is 9.67 Å². The lowest BCUT2D eigenvalue weighted by molar-refractivity contribution is 0.311. The standard InChI is InChI=1S/C16H20N6O3S/c1-4-22-10-13(9-18-22)26(23,24)21-14(11(2)3)16-19-15(20-25-16)12-5-7-17-8-6-12/h5-11,14,21H,4H2,1-3H3. The van der Waals surface area contributed by atoms with Crippen molar-refractivity contribution in [2.45, 2.75) is 38.3 Å². The third-order valence-corrected chi connectivity index (χ3v) is 5.23. The van der Waals surface area contributed by atoms with Gasteiger partial charge >= 0.3 is 0 Å². The Hall–Kier alpha value is -2.59. The molecule has 0 radical (unpaired) electrons. The van der Waals surface area contributed by atoms with E-state index in [0.29, 0.717) is 12.4 Å². The minimum Gasteiger partial charge on any atom is -0.337 e. The highest BCUT2D eigenvalue weighted by molar-refractivity contribution is 7.89. The summed E-state index contributed by atoms with van der Waals surface area (Å²) in [6, 6.07) is 2.85. The van der Waals surface area contributed by atoms with Gasteiger partial charge in [0.25, 0.3) is 0 Å². The summed E-state index contributed by atoms with van der Waals surface area (Å²) >= 11 is 0. The summed E-state index contributed by atoms with van der Waals surface area (Å²) in [5.74, 6) is 0.487. The molecular formula is C16H20N6O3S. The van der Waals surface area contributed by atoms with Gasteiger partial charge in [0.1, 0.15) is 10.9 Å². The number of pyridine rings is 1. The lowest BCUT2D eigenvalue weighted by atomic mass is 10.1. The van der Waals surface area contributed by atoms with Crippen molar-refractivity contribution in [2.24, 2.45) is 5.92 Å². The van der Waals surface area contributed by atoms with Crippen LogP contribution in [-0.4, -0.2) is 33.3 Å². The van der Waals surface area contributed by atoms with Gasteiger partial charge in [0, 0.05) is 30.7 Å². The Labute approximate surface area is 151 Å². The van der Waals surface area contributed by atoms with Crippen LogP contribution in [0.15, 0.2) is 46.3 Å². The number of nitrogens with zero attached hydrogens (tertiary/aromatic N) is 5. The highest BCUT2D eigenvalue weighted by Crippen LogP contribution is 2.25. The first kappa shape index (κ1) is 18.2. The Balaban J connectivity index is 1.87. The van der Waals surface area contributed by atoms with Crippen LogP contribution in [0.1, 0.15) is 32.7 Å². The normalized spacial score (nSPS) is 13.2. The van der Waals surface area contributed by atoms with Crippen LogP contribution in [0.25, 0.3) is 11.4 Å². The first-order valence-corrected chi connectivity index (χ1v) is 9.68. The quantitative estimate of drug-likeness (QED) is 0.670. The number of aryl methyl sites for hydroxylation is 1. The molecule has 138 valence electrons. The molecule has 3 aromatic heterocycles. The zero-order chi connectivity index (χ0) is 18.7. The summed E-state index contributed by atoms with van der Waals surface area (Å²) in [6.45, 7) is 6.22. The Kier molecular flexibility index (Phi) is 5.14. The van der Waals surface area contributed by atoms with Crippen LogP contribution in [0.5, 0.6) is 0 Å². The van der Waals surface area contributed by atoms with E-state index in [9.17, 15) is 8.42 Å². The Bertz CT molecular complexity index is 965. The molecule has 1 atom stereocenters. The lowest BCUT2D eigenvalue weighted by Gasteiger charge is -2.17. The molecule has 0 spiro atoms. The number of sulfonamides is 1. The fraction of sp³-hybridized carbons (Fsp3) is 0.375. The van der Waals surface area contributed by atoms with Crippen molar-refractivity contribution in [3.05, 3.63) is 42.8 Å². The summed E-state index contributed by atoms with van der Waals surface area (Å²) in [7, 11) is -3.77. The SMILES string of the molecule is CCn1cc(S(=O)(=O)NC(c2nc(-c3ccncc3)no2)C(C)C)cn1. The third kappa shape index (κ3) is 3.81. The number of nitrogens with one attached hydrogen (secondary N) is 1. The van der Waals surface area contributed by atoms with Crippen molar-refractivity contribution in [3.63, 3.8) is 0 Å². The predicted molar refractivity (Wildman–Crippen MR) is 93.3 cm³/mol. The van der Waals surface area contributed by atoms with Gasteiger partial charge < -0.3 is 4.52 Å². The summed E-state index contributed by atoms with van der Waals surface area (Å²) in [5, 5.41) is 7.95. The van der Waals surface area contributed by atoms with E-state index in [1.807, 2.05) is 20.8 Å². The Morgan fingerprint density at radius 1 is 1.27 bits per heavy atom. The molecule has 26 heavy (non-hydrogen) atoms. The number of aromatic nitrogens is 5. The van der Waals surface area contributed by atoms with E-state index in [2.05, 4.69) is 24.9 Å². The van der Waals surface area contributed by atoms with E-state index in [4.69, 9.17) is 4.52 Å².